The molecule has 2 heteroatoms. The van der Waals surface area contributed by atoms with Crippen LogP contribution in [-0.4, -0.2) is 12.4 Å². The van der Waals surface area contributed by atoms with E-state index in [0.717, 1.165) is 11.1 Å². The van der Waals surface area contributed by atoms with Crippen LogP contribution < -0.4 is 4.74 Å². The molecule has 0 aliphatic carbocycles. The number of carbonyl (C=O) groups is 1. The number of ketones is 1. The molecule has 102 valence electrons. The highest BCUT2D eigenvalue weighted by molar-refractivity contribution is 5.97. The summed E-state index contributed by atoms with van der Waals surface area (Å²) in [5, 5.41) is 0. The van der Waals surface area contributed by atoms with E-state index in [9.17, 15) is 4.79 Å². The van der Waals surface area contributed by atoms with Crippen LogP contribution in [0.2, 0.25) is 0 Å². The number of rotatable bonds is 5. The highest BCUT2D eigenvalue weighted by atomic mass is 16.5. The molecule has 2 aromatic rings. The van der Waals surface area contributed by atoms with Crippen molar-refractivity contribution in [3.63, 3.8) is 0 Å². The summed E-state index contributed by atoms with van der Waals surface area (Å²) >= 11 is 0. The molecule has 0 N–H and O–H groups in total. The molecule has 2 rings (SSSR count). The van der Waals surface area contributed by atoms with E-state index in [1.807, 2.05) is 67.6 Å². The van der Waals surface area contributed by atoms with E-state index < -0.39 is 0 Å². The van der Waals surface area contributed by atoms with Gasteiger partial charge in [0, 0.05) is 0 Å². The fraction of sp³-hybridized carbons (Fsp3) is 0.167. The molecule has 0 atom stereocenters. The molecule has 0 radical (unpaired) electrons. The standard InChI is InChI=1S/C18H18O2/c1-14-10-11-18(17(13-14)15(2)19)20-12-6-9-16-7-4-3-5-8-16/h3-11,13H,12H2,1-2H3/b9-6+. The van der Waals surface area contributed by atoms with E-state index in [-0.39, 0.29) is 5.78 Å². The summed E-state index contributed by atoms with van der Waals surface area (Å²) in [6.45, 7) is 3.96. The first-order chi connectivity index (χ1) is 9.66. The summed E-state index contributed by atoms with van der Waals surface area (Å²) in [5.41, 5.74) is 2.83. The smallest absolute Gasteiger partial charge is 0.163 e. The maximum atomic E-state index is 11.6. The Bertz CT molecular complexity index is 613. The second-order valence-corrected chi connectivity index (χ2v) is 4.68. The van der Waals surface area contributed by atoms with Gasteiger partial charge in [-0.05, 0) is 37.6 Å². The van der Waals surface area contributed by atoms with Crippen LogP contribution >= 0.6 is 0 Å². The largest absolute Gasteiger partial charge is 0.489 e. The van der Waals surface area contributed by atoms with Crippen LogP contribution in [0.3, 0.4) is 0 Å². The maximum absolute atomic E-state index is 11.6. The van der Waals surface area contributed by atoms with Gasteiger partial charge in [-0.25, -0.2) is 0 Å². The lowest BCUT2D eigenvalue weighted by Crippen LogP contribution is -2.01. The van der Waals surface area contributed by atoms with Crippen LogP contribution in [0.5, 0.6) is 5.75 Å². The van der Waals surface area contributed by atoms with E-state index in [0.29, 0.717) is 17.9 Å². The van der Waals surface area contributed by atoms with Gasteiger partial charge >= 0.3 is 0 Å². The normalized spacial score (nSPS) is 10.7. The van der Waals surface area contributed by atoms with E-state index in [1.165, 1.54) is 0 Å². The van der Waals surface area contributed by atoms with Crippen molar-refractivity contribution >= 4 is 11.9 Å². The minimum Gasteiger partial charge on any atom is -0.489 e. The third kappa shape index (κ3) is 3.82. The van der Waals surface area contributed by atoms with Gasteiger partial charge in [0.05, 0.1) is 5.56 Å². The second-order valence-electron chi connectivity index (χ2n) is 4.68. The third-order valence-corrected chi connectivity index (χ3v) is 2.96. The molecule has 20 heavy (non-hydrogen) atoms. The van der Waals surface area contributed by atoms with Gasteiger partial charge in [-0.1, -0.05) is 48.0 Å². The summed E-state index contributed by atoms with van der Waals surface area (Å²) in [6.07, 6.45) is 3.95. The highest BCUT2D eigenvalue weighted by Crippen LogP contribution is 2.20. The second kappa shape index (κ2) is 6.71. The zero-order chi connectivity index (χ0) is 14.4. The number of benzene rings is 2. The van der Waals surface area contributed by atoms with Crippen LogP contribution in [0.4, 0.5) is 0 Å². The van der Waals surface area contributed by atoms with Crippen LogP contribution in [0.15, 0.2) is 54.6 Å². The summed E-state index contributed by atoms with van der Waals surface area (Å²) in [5.74, 6) is 0.663. The van der Waals surface area contributed by atoms with Crippen molar-refractivity contribution in [3.05, 3.63) is 71.3 Å². The van der Waals surface area contributed by atoms with Crippen LogP contribution in [-0.2, 0) is 0 Å². The lowest BCUT2D eigenvalue weighted by molar-refractivity contribution is 0.101. The molecule has 0 aliphatic rings. The SMILES string of the molecule is CC(=O)c1cc(C)ccc1OC/C=C/c1ccccc1. The van der Waals surface area contributed by atoms with Crippen LogP contribution in [0.1, 0.15) is 28.4 Å². The summed E-state index contributed by atoms with van der Waals surface area (Å²) < 4.78 is 5.67. The molecule has 2 aromatic carbocycles. The number of hydrogen-bond donors (Lipinski definition) is 0. The third-order valence-electron chi connectivity index (χ3n) is 2.96. The zero-order valence-corrected chi connectivity index (χ0v) is 11.8. The Morgan fingerprint density at radius 3 is 2.60 bits per heavy atom. The van der Waals surface area contributed by atoms with Crippen LogP contribution in [0, 0.1) is 6.92 Å². The summed E-state index contributed by atoms with van der Waals surface area (Å²) in [6, 6.07) is 15.7. The maximum Gasteiger partial charge on any atom is 0.163 e. The van der Waals surface area contributed by atoms with E-state index in [4.69, 9.17) is 4.74 Å². The number of Topliss-reactive ketones (excluding diaryl/α,β-unsaturated/α-hetero) is 1. The molecule has 0 heterocycles. The van der Waals surface area contributed by atoms with Crippen molar-refractivity contribution in [1.29, 1.82) is 0 Å². The van der Waals surface area contributed by atoms with Crippen molar-refractivity contribution in [2.75, 3.05) is 6.61 Å². The molecule has 0 spiro atoms. The number of ether oxygens (including phenoxy) is 1. The van der Waals surface area contributed by atoms with E-state index in [1.54, 1.807) is 6.92 Å². The summed E-state index contributed by atoms with van der Waals surface area (Å²) in [7, 11) is 0. The Labute approximate surface area is 119 Å². The number of aryl methyl sites for hydroxylation is 1. The van der Waals surface area contributed by atoms with Crippen molar-refractivity contribution < 1.29 is 9.53 Å². The fourth-order valence-electron chi connectivity index (χ4n) is 1.93. The van der Waals surface area contributed by atoms with Gasteiger partial charge in [-0.15, -0.1) is 0 Å². The average Bonchev–Trinajstić information content (AvgIpc) is 2.45. The van der Waals surface area contributed by atoms with E-state index >= 15 is 0 Å². The molecule has 2 nitrogen and oxygen atoms in total. The van der Waals surface area contributed by atoms with Gasteiger partial charge in [0.2, 0.25) is 0 Å². The van der Waals surface area contributed by atoms with Gasteiger partial charge < -0.3 is 4.74 Å². The van der Waals surface area contributed by atoms with Gasteiger partial charge in [-0.2, -0.15) is 0 Å². The first-order valence-corrected chi connectivity index (χ1v) is 6.63. The van der Waals surface area contributed by atoms with Crippen molar-refractivity contribution in [2.24, 2.45) is 0 Å². The van der Waals surface area contributed by atoms with Crippen LogP contribution in [0.25, 0.3) is 6.08 Å². The van der Waals surface area contributed by atoms with Gasteiger partial charge in [-0.3, -0.25) is 4.79 Å². The minimum atomic E-state index is 0.0238. The molecule has 0 aliphatic heterocycles. The molecule has 0 amide bonds. The molecular weight excluding hydrogens is 248 g/mol. The molecule has 0 fully saturated rings. The topological polar surface area (TPSA) is 26.3 Å². The molecule has 0 unspecified atom stereocenters. The zero-order valence-electron chi connectivity index (χ0n) is 11.8. The fourth-order valence-corrected chi connectivity index (χ4v) is 1.93. The van der Waals surface area contributed by atoms with Gasteiger partial charge in [0.1, 0.15) is 12.4 Å². The predicted octanol–water partition coefficient (Wildman–Crippen LogP) is 4.29. The highest BCUT2D eigenvalue weighted by Gasteiger charge is 2.07. The Morgan fingerprint density at radius 2 is 1.90 bits per heavy atom. The Morgan fingerprint density at radius 1 is 1.15 bits per heavy atom. The molecular formula is C18H18O2. The Hall–Kier alpha value is -2.35. The average molecular weight is 266 g/mol. The lowest BCUT2D eigenvalue weighted by atomic mass is 10.1. The van der Waals surface area contributed by atoms with Gasteiger partial charge in [0.15, 0.2) is 5.78 Å². The molecule has 0 bridgehead atoms. The minimum absolute atomic E-state index is 0.0238. The van der Waals surface area contributed by atoms with Gasteiger partial charge in [0.25, 0.3) is 0 Å². The monoisotopic (exact) mass is 266 g/mol. The Kier molecular flexibility index (Phi) is 4.72. The molecule has 0 saturated carbocycles. The summed E-state index contributed by atoms with van der Waals surface area (Å²) in [4.78, 5) is 11.6. The van der Waals surface area contributed by atoms with Crippen molar-refractivity contribution in [1.82, 2.24) is 0 Å². The van der Waals surface area contributed by atoms with E-state index in [2.05, 4.69) is 0 Å². The number of hydrogen-bond acceptors (Lipinski definition) is 2. The Balaban J connectivity index is 2.01. The predicted molar refractivity (Wildman–Crippen MR) is 82.2 cm³/mol. The van der Waals surface area contributed by atoms with Crippen molar-refractivity contribution in [3.8, 4) is 5.75 Å². The molecule has 0 saturated heterocycles. The lowest BCUT2D eigenvalue weighted by Gasteiger charge is -2.08. The first kappa shape index (κ1) is 14.1. The molecule has 0 aromatic heterocycles. The van der Waals surface area contributed by atoms with Crippen molar-refractivity contribution in [2.45, 2.75) is 13.8 Å². The quantitative estimate of drug-likeness (QED) is 0.755. The first-order valence-electron chi connectivity index (χ1n) is 6.63. The number of carbonyl (C=O) groups excluding carboxylic acids is 1.